The highest BCUT2D eigenvalue weighted by atomic mass is 35.5. The number of halogens is 1. The van der Waals surface area contributed by atoms with Gasteiger partial charge in [-0.25, -0.2) is 9.79 Å². The maximum Gasteiger partial charge on any atom is 0.338 e. The Bertz CT molecular complexity index is 1300. The van der Waals surface area contributed by atoms with E-state index in [-0.39, 0.29) is 24.8 Å². The fraction of sp³-hybridized carbons (Fsp3) is 0.241. The zero-order valence-electron chi connectivity index (χ0n) is 20.9. The van der Waals surface area contributed by atoms with Gasteiger partial charge in [-0.3, -0.25) is 14.5 Å². The summed E-state index contributed by atoms with van der Waals surface area (Å²) in [6, 6.07) is 23.6. The quantitative estimate of drug-likeness (QED) is 0.325. The van der Waals surface area contributed by atoms with E-state index in [0.717, 1.165) is 12.8 Å². The number of carbonyl (C=O) groups is 3. The van der Waals surface area contributed by atoms with Crippen molar-refractivity contribution in [3.63, 3.8) is 0 Å². The molecule has 1 N–H and O–H groups in total. The predicted octanol–water partition coefficient (Wildman–Crippen LogP) is 6.11. The van der Waals surface area contributed by atoms with Crippen molar-refractivity contribution in [1.82, 2.24) is 4.90 Å². The number of nitrogens with one attached hydrogen (secondary N) is 1. The van der Waals surface area contributed by atoms with Crippen molar-refractivity contribution in [1.29, 1.82) is 0 Å². The fourth-order valence-electron chi connectivity index (χ4n) is 3.90. The van der Waals surface area contributed by atoms with Crippen LogP contribution in [0.15, 0.2) is 83.9 Å². The standard InChI is InChI=1S/C29H28ClN3O4S/c1-2-37-28(36)21-10-14-23(15-11-21)31-27(35)25-19-26(34)33(18-6-9-20-7-4-3-5-8-20)29(38-25)32-24-16-12-22(30)13-17-24/h3-5,7-8,10-17,25H,2,6,9,18-19H2,1H3,(H,31,35). The van der Waals surface area contributed by atoms with Crippen molar-refractivity contribution >= 4 is 57.7 Å². The number of hydrogen-bond donors (Lipinski definition) is 1. The number of amidine groups is 1. The number of esters is 1. The van der Waals surface area contributed by atoms with Gasteiger partial charge in [0.25, 0.3) is 0 Å². The largest absolute Gasteiger partial charge is 0.462 e. The van der Waals surface area contributed by atoms with Crippen molar-refractivity contribution in [2.24, 2.45) is 4.99 Å². The van der Waals surface area contributed by atoms with Crippen LogP contribution in [0.3, 0.4) is 0 Å². The molecule has 1 fully saturated rings. The molecule has 0 spiro atoms. The number of aliphatic imine (C=N–C) groups is 1. The summed E-state index contributed by atoms with van der Waals surface area (Å²) < 4.78 is 4.99. The molecular weight excluding hydrogens is 522 g/mol. The topological polar surface area (TPSA) is 88.1 Å². The van der Waals surface area contributed by atoms with Crippen molar-refractivity contribution in [2.45, 2.75) is 31.4 Å². The number of carbonyl (C=O) groups excluding carboxylic acids is 3. The van der Waals surface area contributed by atoms with Crippen LogP contribution in [0.2, 0.25) is 5.02 Å². The van der Waals surface area contributed by atoms with E-state index in [9.17, 15) is 14.4 Å². The molecule has 0 aromatic heterocycles. The molecule has 9 heteroatoms. The van der Waals surface area contributed by atoms with E-state index in [1.807, 2.05) is 18.2 Å². The number of hydrogen-bond acceptors (Lipinski definition) is 6. The Kier molecular flexibility index (Phi) is 9.56. The number of anilines is 1. The zero-order chi connectivity index (χ0) is 26.9. The Morgan fingerprint density at radius 1 is 1.05 bits per heavy atom. The second kappa shape index (κ2) is 13.3. The van der Waals surface area contributed by atoms with Crippen molar-refractivity contribution in [3.05, 3.63) is 95.0 Å². The van der Waals surface area contributed by atoms with Gasteiger partial charge in [-0.1, -0.05) is 53.7 Å². The van der Waals surface area contributed by atoms with Gasteiger partial charge in [0, 0.05) is 23.7 Å². The average molecular weight is 550 g/mol. The summed E-state index contributed by atoms with van der Waals surface area (Å²) in [7, 11) is 0. The Morgan fingerprint density at radius 2 is 1.76 bits per heavy atom. The average Bonchev–Trinajstić information content (AvgIpc) is 2.92. The number of thioether (sulfide) groups is 1. The minimum absolute atomic E-state index is 0.0579. The Labute approximate surface area is 231 Å². The van der Waals surface area contributed by atoms with Crippen LogP contribution in [0, 0.1) is 0 Å². The molecule has 1 aliphatic rings. The van der Waals surface area contributed by atoms with Gasteiger partial charge in [0.1, 0.15) is 5.25 Å². The molecule has 0 aliphatic carbocycles. The summed E-state index contributed by atoms with van der Waals surface area (Å²) in [6.07, 6.45) is 1.65. The third-order valence-electron chi connectivity index (χ3n) is 5.84. The first-order chi connectivity index (χ1) is 18.4. The van der Waals surface area contributed by atoms with Gasteiger partial charge in [0.2, 0.25) is 11.8 Å². The first-order valence-electron chi connectivity index (χ1n) is 12.4. The van der Waals surface area contributed by atoms with Crippen LogP contribution in [0.5, 0.6) is 0 Å². The van der Waals surface area contributed by atoms with Crippen LogP contribution in [0.4, 0.5) is 11.4 Å². The lowest BCUT2D eigenvalue weighted by molar-refractivity contribution is -0.129. The van der Waals surface area contributed by atoms with Crippen LogP contribution in [-0.4, -0.2) is 46.3 Å². The van der Waals surface area contributed by atoms with Gasteiger partial charge in [-0.2, -0.15) is 0 Å². The van der Waals surface area contributed by atoms with Gasteiger partial charge in [-0.05, 0) is 73.9 Å². The maximum absolute atomic E-state index is 13.2. The summed E-state index contributed by atoms with van der Waals surface area (Å²) in [5, 5.41) is 3.27. The van der Waals surface area contributed by atoms with Crippen molar-refractivity contribution in [2.75, 3.05) is 18.5 Å². The monoisotopic (exact) mass is 549 g/mol. The van der Waals surface area contributed by atoms with Crippen LogP contribution >= 0.6 is 23.4 Å². The molecule has 3 aromatic rings. The molecule has 38 heavy (non-hydrogen) atoms. The molecular formula is C29H28ClN3O4S. The summed E-state index contributed by atoms with van der Waals surface area (Å²) in [5.74, 6) is -0.878. The normalized spacial score (nSPS) is 16.4. The van der Waals surface area contributed by atoms with Gasteiger partial charge in [0.15, 0.2) is 5.17 Å². The zero-order valence-corrected chi connectivity index (χ0v) is 22.5. The molecule has 3 aromatic carbocycles. The first kappa shape index (κ1) is 27.4. The molecule has 1 atom stereocenters. The van der Waals surface area contributed by atoms with Crippen molar-refractivity contribution < 1.29 is 19.1 Å². The second-order valence-electron chi connectivity index (χ2n) is 8.60. The highest BCUT2D eigenvalue weighted by Crippen LogP contribution is 2.30. The molecule has 7 nitrogen and oxygen atoms in total. The van der Waals surface area contributed by atoms with E-state index in [0.29, 0.717) is 33.7 Å². The number of rotatable bonds is 9. The lowest BCUT2D eigenvalue weighted by Crippen LogP contribution is -2.45. The second-order valence-corrected chi connectivity index (χ2v) is 10.2. The molecule has 0 bridgehead atoms. The van der Waals surface area contributed by atoms with Crippen LogP contribution in [0.25, 0.3) is 0 Å². The van der Waals surface area contributed by atoms with E-state index in [2.05, 4.69) is 17.4 Å². The van der Waals surface area contributed by atoms with E-state index in [1.165, 1.54) is 17.3 Å². The summed E-state index contributed by atoms with van der Waals surface area (Å²) in [5.41, 5.74) is 2.77. The summed E-state index contributed by atoms with van der Waals surface area (Å²) in [4.78, 5) is 44.6. The number of nitrogens with zero attached hydrogens (tertiary/aromatic N) is 2. The molecule has 1 heterocycles. The highest BCUT2D eigenvalue weighted by Gasteiger charge is 2.35. The predicted molar refractivity (Wildman–Crippen MR) is 152 cm³/mol. The molecule has 0 saturated carbocycles. The number of ether oxygens (including phenoxy) is 1. The Hall–Kier alpha value is -3.62. The fourth-order valence-corrected chi connectivity index (χ4v) is 5.15. The third-order valence-corrected chi connectivity index (χ3v) is 7.28. The Morgan fingerprint density at radius 3 is 2.45 bits per heavy atom. The summed E-state index contributed by atoms with van der Waals surface area (Å²) >= 11 is 7.29. The van der Waals surface area contributed by atoms with E-state index in [1.54, 1.807) is 60.4 Å². The molecule has 2 amide bonds. The SMILES string of the molecule is CCOC(=O)c1ccc(NC(=O)C2CC(=O)N(CCCc3ccccc3)C(=Nc3ccc(Cl)cc3)S2)cc1. The first-order valence-corrected chi connectivity index (χ1v) is 13.6. The molecule has 1 saturated heterocycles. The van der Waals surface area contributed by atoms with Crippen LogP contribution in [-0.2, 0) is 20.7 Å². The minimum atomic E-state index is -0.649. The smallest absolute Gasteiger partial charge is 0.338 e. The highest BCUT2D eigenvalue weighted by molar-refractivity contribution is 8.15. The lowest BCUT2D eigenvalue weighted by atomic mass is 10.1. The molecule has 4 rings (SSSR count). The van der Waals surface area contributed by atoms with E-state index < -0.39 is 11.2 Å². The van der Waals surface area contributed by atoms with Crippen LogP contribution in [0.1, 0.15) is 35.7 Å². The number of amides is 2. The van der Waals surface area contributed by atoms with Crippen molar-refractivity contribution in [3.8, 4) is 0 Å². The molecule has 1 aliphatic heterocycles. The molecule has 0 radical (unpaired) electrons. The third kappa shape index (κ3) is 7.46. The van der Waals surface area contributed by atoms with Gasteiger partial charge in [-0.15, -0.1) is 0 Å². The van der Waals surface area contributed by atoms with E-state index >= 15 is 0 Å². The molecule has 1 unspecified atom stereocenters. The Balaban J connectivity index is 1.47. The number of benzene rings is 3. The minimum Gasteiger partial charge on any atom is -0.462 e. The lowest BCUT2D eigenvalue weighted by Gasteiger charge is -2.32. The van der Waals surface area contributed by atoms with Gasteiger partial charge >= 0.3 is 5.97 Å². The molecule has 196 valence electrons. The van der Waals surface area contributed by atoms with E-state index in [4.69, 9.17) is 21.3 Å². The summed E-state index contributed by atoms with van der Waals surface area (Å²) in [6.45, 7) is 2.52. The maximum atomic E-state index is 13.2. The van der Waals surface area contributed by atoms with Gasteiger partial charge < -0.3 is 10.1 Å². The number of aryl methyl sites for hydroxylation is 1. The van der Waals surface area contributed by atoms with Crippen LogP contribution < -0.4 is 5.32 Å². The van der Waals surface area contributed by atoms with Gasteiger partial charge in [0.05, 0.1) is 17.9 Å².